The van der Waals surface area contributed by atoms with Crippen molar-refractivity contribution in [2.24, 2.45) is 0 Å². The number of rotatable bonds is 3. The van der Waals surface area contributed by atoms with Crippen LogP contribution in [-0.2, 0) is 0 Å². The first kappa shape index (κ1) is 10.4. The SMILES string of the molecule is Fc1cccc(F)c1OCC1CCCN1. The van der Waals surface area contributed by atoms with Crippen LogP contribution in [0.4, 0.5) is 8.78 Å². The van der Waals surface area contributed by atoms with E-state index < -0.39 is 11.6 Å². The fraction of sp³-hybridized carbons (Fsp3) is 0.455. The maximum atomic E-state index is 13.1. The van der Waals surface area contributed by atoms with Gasteiger partial charge in [0, 0.05) is 6.04 Å². The van der Waals surface area contributed by atoms with Crippen molar-refractivity contribution in [1.82, 2.24) is 5.32 Å². The van der Waals surface area contributed by atoms with Crippen LogP contribution in [0, 0.1) is 11.6 Å². The molecule has 1 aromatic rings. The number of para-hydroxylation sites is 1. The third kappa shape index (κ3) is 2.45. The Balaban J connectivity index is 1.97. The average Bonchev–Trinajstić information content (AvgIpc) is 2.70. The van der Waals surface area contributed by atoms with E-state index in [1.165, 1.54) is 18.2 Å². The molecule has 0 aromatic heterocycles. The highest BCUT2D eigenvalue weighted by Gasteiger charge is 2.16. The molecule has 1 atom stereocenters. The van der Waals surface area contributed by atoms with Crippen LogP contribution >= 0.6 is 0 Å². The molecule has 0 saturated carbocycles. The van der Waals surface area contributed by atoms with Crippen LogP contribution in [0.3, 0.4) is 0 Å². The lowest BCUT2D eigenvalue weighted by Crippen LogP contribution is -2.28. The molecule has 4 heteroatoms. The summed E-state index contributed by atoms with van der Waals surface area (Å²) in [4.78, 5) is 0. The van der Waals surface area contributed by atoms with Crippen LogP contribution in [-0.4, -0.2) is 19.2 Å². The Morgan fingerprint density at radius 3 is 2.67 bits per heavy atom. The molecule has 15 heavy (non-hydrogen) atoms. The van der Waals surface area contributed by atoms with Crippen molar-refractivity contribution >= 4 is 0 Å². The number of ether oxygens (including phenoxy) is 1. The van der Waals surface area contributed by atoms with Gasteiger partial charge in [0.2, 0.25) is 0 Å². The monoisotopic (exact) mass is 213 g/mol. The van der Waals surface area contributed by atoms with E-state index in [9.17, 15) is 8.78 Å². The molecular weight excluding hydrogens is 200 g/mol. The van der Waals surface area contributed by atoms with Crippen LogP contribution in [0.5, 0.6) is 5.75 Å². The molecule has 2 rings (SSSR count). The minimum Gasteiger partial charge on any atom is -0.486 e. The van der Waals surface area contributed by atoms with Crippen molar-refractivity contribution in [2.75, 3.05) is 13.2 Å². The predicted molar refractivity (Wildman–Crippen MR) is 52.9 cm³/mol. The van der Waals surface area contributed by atoms with Crippen molar-refractivity contribution in [3.05, 3.63) is 29.8 Å². The maximum Gasteiger partial charge on any atom is 0.190 e. The quantitative estimate of drug-likeness (QED) is 0.830. The summed E-state index contributed by atoms with van der Waals surface area (Å²) in [7, 11) is 0. The molecule has 0 aliphatic carbocycles. The number of halogens is 2. The number of nitrogens with one attached hydrogen (secondary N) is 1. The maximum absolute atomic E-state index is 13.1. The summed E-state index contributed by atoms with van der Waals surface area (Å²) in [6.07, 6.45) is 2.09. The average molecular weight is 213 g/mol. The molecule has 1 heterocycles. The zero-order valence-corrected chi connectivity index (χ0v) is 8.30. The summed E-state index contributed by atoms with van der Waals surface area (Å²) in [6, 6.07) is 3.93. The minimum atomic E-state index is -0.645. The highest BCUT2D eigenvalue weighted by atomic mass is 19.1. The zero-order chi connectivity index (χ0) is 10.7. The smallest absolute Gasteiger partial charge is 0.190 e. The third-order valence-corrected chi connectivity index (χ3v) is 2.51. The Morgan fingerprint density at radius 1 is 1.33 bits per heavy atom. The first-order valence-electron chi connectivity index (χ1n) is 5.07. The van der Waals surface area contributed by atoms with Gasteiger partial charge < -0.3 is 10.1 Å². The van der Waals surface area contributed by atoms with E-state index in [2.05, 4.69) is 5.32 Å². The first-order valence-corrected chi connectivity index (χ1v) is 5.07. The van der Waals surface area contributed by atoms with Crippen molar-refractivity contribution in [3.8, 4) is 5.75 Å². The third-order valence-electron chi connectivity index (χ3n) is 2.51. The van der Waals surface area contributed by atoms with Gasteiger partial charge in [-0.2, -0.15) is 0 Å². The Morgan fingerprint density at radius 2 is 2.07 bits per heavy atom. The normalized spacial score (nSPS) is 20.5. The molecule has 82 valence electrons. The molecule has 1 saturated heterocycles. The van der Waals surface area contributed by atoms with Crippen molar-refractivity contribution in [1.29, 1.82) is 0 Å². The Hall–Kier alpha value is -1.16. The topological polar surface area (TPSA) is 21.3 Å². The Kier molecular flexibility index (Phi) is 3.16. The molecule has 0 bridgehead atoms. The second-order valence-corrected chi connectivity index (χ2v) is 3.66. The largest absolute Gasteiger partial charge is 0.486 e. The fourth-order valence-electron chi connectivity index (χ4n) is 1.70. The summed E-state index contributed by atoms with van der Waals surface area (Å²) >= 11 is 0. The Bertz CT molecular complexity index is 317. The van der Waals surface area contributed by atoms with Crippen LogP contribution in [0.1, 0.15) is 12.8 Å². The zero-order valence-electron chi connectivity index (χ0n) is 8.30. The lowest BCUT2D eigenvalue weighted by Gasteiger charge is -2.12. The van der Waals surface area contributed by atoms with Crippen LogP contribution in [0.25, 0.3) is 0 Å². The number of hydrogen-bond donors (Lipinski definition) is 1. The first-order chi connectivity index (χ1) is 7.27. The van der Waals surface area contributed by atoms with Gasteiger partial charge in [0.15, 0.2) is 17.4 Å². The summed E-state index contributed by atoms with van der Waals surface area (Å²) in [5.41, 5.74) is 0. The van der Waals surface area contributed by atoms with Gasteiger partial charge in [-0.05, 0) is 31.5 Å². The summed E-state index contributed by atoms with van der Waals surface area (Å²) in [6.45, 7) is 1.27. The van der Waals surface area contributed by atoms with Crippen LogP contribution in [0.15, 0.2) is 18.2 Å². The summed E-state index contributed by atoms with van der Waals surface area (Å²) in [5.74, 6) is -1.56. The lowest BCUT2D eigenvalue weighted by atomic mass is 10.2. The fourth-order valence-corrected chi connectivity index (χ4v) is 1.70. The molecule has 1 N–H and O–H groups in total. The van der Waals surface area contributed by atoms with E-state index in [0.717, 1.165) is 19.4 Å². The molecular formula is C11H13F2NO. The Labute approximate surface area is 87.2 Å². The van der Waals surface area contributed by atoms with Gasteiger partial charge in [0.25, 0.3) is 0 Å². The number of hydrogen-bond acceptors (Lipinski definition) is 2. The molecule has 1 aliphatic heterocycles. The molecule has 1 fully saturated rings. The summed E-state index contributed by atoms with van der Waals surface area (Å²) < 4.78 is 31.4. The minimum absolute atomic E-state index is 0.212. The molecule has 0 radical (unpaired) electrons. The van der Waals surface area contributed by atoms with Crippen molar-refractivity contribution < 1.29 is 13.5 Å². The van der Waals surface area contributed by atoms with Gasteiger partial charge in [-0.3, -0.25) is 0 Å². The van der Waals surface area contributed by atoms with Gasteiger partial charge >= 0.3 is 0 Å². The van der Waals surface area contributed by atoms with E-state index in [-0.39, 0.29) is 11.8 Å². The van der Waals surface area contributed by atoms with E-state index in [1.807, 2.05) is 0 Å². The van der Waals surface area contributed by atoms with Gasteiger partial charge in [-0.25, -0.2) is 8.78 Å². The van der Waals surface area contributed by atoms with Crippen LogP contribution < -0.4 is 10.1 Å². The summed E-state index contributed by atoms with van der Waals surface area (Å²) in [5, 5.41) is 3.20. The second-order valence-electron chi connectivity index (χ2n) is 3.66. The predicted octanol–water partition coefficient (Wildman–Crippen LogP) is 2.10. The van der Waals surface area contributed by atoms with Gasteiger partial charge in [0.05, 0.1) is 0 Å². The van der Waals surface area contributed by atoms with Crippen molar-refractivity contribution in [3.63, 3.8) is 0 Å². The van der Waals surface area contributed by atoms with Gasteiger partial charge in [-0.15, -0.1) is 0 Å². The van der Waals surface area contributed by atoms with E-state index in [4.69, 9.17) is 4.74 Å². The standard InChI is InChI=1S/C11H13F2NO/c12-9-4-1-5-10(13)11(9)15-7-8-3-2-6-14-8/h1,4-5,8,14H,2-3,6-7H2. The molecule has 0 spiro atoms. The molecule has 0 amide bonds. The highest BCUT2D eigenvalue weighted by Crippen LogP contribution is 2.21. The van der Waals surface area contributed by atoms with E-state index in [1.54, 1.807) is 0 Å². The number of benzene rings is 1. The van der Waals surface area contributed by atoms with Crippen LogP contribution in [0.2, 0.25) is 0 Å². The van der Waals surface area contributed by atoms with Gasteiger partial charge in [-0.1, -0.05) is 6.07 Å². The van der Waals surface area contributed by atoms with E-state index >= 15 is 0 Å². The van der Waals surface area contributed by atoms with Crippen molar-refractivity contribution in [2.45, 2.75) is 18.9 Å². The highest BCUT2D eigenvalue weighted by molar-refractivity contribution is 5.26. The molecule has 2 nitrogen and oxygen atoms in total. The molecule has 1 aliphatic rings. The molecule has 1 aromatic carbocycles. The van der Waals surface area contributed by atoms with Gasteiger partial charge in [0.1, 0.15) is 6.61 Å². The lowest BCUT2D eigenvalue weighted by molar-refractivity contribution is 0.253. The second kappa shape index (κ2) is 4.57. The molecule has 1 unspecified atom stereocenters. The van der Waals surface area contributed by atoms with E-state index in [0.29, 0.717) is 6.61 Å².